The highest BCUT2D eigenvalue weighted by Crippen LogP contribution is 2.20. The lowest BCUT2D eigenvalue weighted by atomic mass is 10.1. The summed E-state index contributed by atoms with van der Waals surface area (Å²) in [4.78, 5) is 29.2. The highest BCUT2D eigenvalue weighted by atomic mass is 32.1. The Balaban J connectivity index is 1.67. The van der Waals surface area contributed by atoms with Crippen molar-refractivity contribution >= 4 is 17.2 Å². The van der Waals surface area contributed by atoms with Crippen LogP contribution in [-0.2, 0) is 6.54 Å². The SMILES string of the molecule is CCOc1ccc(-c2ccc(=O)n(CCNC(=O)c3sc(C)nc3C)n2)cc1. The predicted octanol–water partition coefficient (Wildman–Crippen LogP) is 2.81. The van der Waals surface area contributed by atoms with E-state index in [1.54, 1.807) is 6.07 Å². The van der Waals surface area contributed by atoms with Crippen LogP contribution in [0, 0.1) is 13.8 Å². The molecule has 0 aliphatic carbocycles. The lowest BCUT2D eigenvalue weighted by molar-refractivity contribution is 0.0955. The number of aromatic nitrogens is 3. The normalized spacial score (nSPS) is 10.7. The fourth-order valence-corrected chi connectivity index (χ4v) is 3.59. The summed E-state index contributed by atoms with van der Waals surface area (Å²) in [6, 6.07) is 10.7. The summed E-state index contributed by atoms with van der Waals surface area (Å²) in [5.41, 5.74) is 2.07. The summed E-state index contributed by atoms with van der Waals surface area (Å²) in [7, 11) is 0. The number of nitrogens with zero attached hydrogens (tertiary/aromatic N) is 3. The van der Waals surface area contributed by atoms with Gasteiger partial charge in [0, 0.05) is 18.2 Å². The number of aryl methyl sites for hydroxylation is 2. The van der Waals surface area contributed by atoms with Gasteiger partial charge in [0.2, 0.25) is 0 Å². The Labute approximate surface area is 167 Å². The van der Waals surface area contributed by atoms with Crippen molar-refractivity contribution in [3.8, 4) is 17.0 Å². The molecule has 0 atom stereocenters. The number of thiazole rings is 1. The van der Waals surface area contributed by atoms with Gasteiger partial charge >= 0.3 is 0 Å². The molecular formula is C20H22N4O3S. The Morgan fingerprint density at radius 2 is 1.93 bits per heavy atom. The van der Waals surface area contributed by atoms with Crippen LogP contribution in [0.15, 0.2) is 41.2 Å². The highest BCUT2D eigenvalue weighted by molar-refractivity contribution is 7.13. The molecule has 28 heavy (non-hydrogen) atoms. The van der Waals surface area contributed by atoms with E-state index in [1.165, 1.54) is 22.1 Å². The van der Waals surface area contributed by atoms with Gasteiger partial charge in [-0.1, -0.05) is 0 Å². The minimum atomic E-state index is -0.214. The predicted molar refractivity (Wildman–Crippen MR) is 109 cm³/mol. The number of carbonyl (C=O) groups excluding carboxylic acids is 1. The van der Waals surface area contributed by atoms with E-state index in [-0.39, 0.29) is 18.0 Å². The molecule has 0 aliphatic heterocycles. The van der Waals surface area contributed by atoms with Crippen LogP contribution in [0.25, 0.3) is 11.3 Å². The molecule has 1 N–H and O–H groups in total. The quantitative estimate of drug-likeness (QED) is 0.661. The van der Waals surface area contributed by atoms with Crippen LogP contribution in [0.5, 0.6) is 5.75 Å². The topological polar surface area (TPSA) is 86.1 Å². The van der Waals surface area contributed by atoms with Gasteiger partial charge < -0.3 is 10.1 Å². The van der Waals surface area contributed by atoms with Crippen molar-refractivity contribution in [1.82, 2.24) is 20.1 Å². The average molecular weight is 398 g/mol. The van der Waals surface area contributed by atoms with Crippen LogP contribution in [0.3, 0.4) is 0 Å². The molecule has 1 amide bonds. The molecule has 2 heterocycles. The molecule has 0 saturated carbocycles. The van der Waals surface area contributed by atoms with Gasteiger partial charge in [0.05, 0.1) is 29.5 Å². The summed E-state index contributed by atoms with van der Waals surface area (Å²) < 4.78 is 6.80. The smallest absolute Gasteiger partial charge is 0.266 e. The first-order valence-corrected chi connectivity index (χ1v) is 9.83. The average Bonchev–Trinajstić information content (AvgIpc) is 3.02. The molecule has 3 aromatic rings. The molecule has 0 bridgehead atoms. The van der Waals surface area contributed by atoms with Crippen LogP contribution < -0.4 is 15.6 Å². The third-order valence-corrected chi connectivity index (χ3v) is 5.12. The minimum absolute atomic E-state index is 0.182. The van der Waals surface area contributed by atoms with Gasteiger partial charge in [0.25, 0.3) is 11.5 Å². The largest absolute Gasteiger partial charge is 0.494 e. The van der Waals surface area contributed by atoms with Crippen LogP contribution in [-0.4, -0.2) is 33.8 Å². The Hall–Kier alpha value is -3.00. The Morgan fingerprint density at radius 3 is 2.57 bits per heavy atom. The summed E-state index contributed by atoms with van der Waals surface area (Å²) >= 11 is 1.36. The summed E-state index contributed by atoms with van der Waals surface area (Å²) in [5, 5.41) is 8.09. The van der Waals surface area contributed by atoms with E-state index in [2.05, 4.69) is 15.4 Å². The molecule has 7 nitrogen and oxygen atoms in total. The molecule has 0 radical (unpaired) electrons. The molecule has 0 unspecified atom stereocenters. The second-order valence-electron chi connectivity index (χ2n) is 6.14. The number of ether oxygens (including phenoxy) is 1. The minimum Gasteiger partial charge on any atom is -0.494 e. The molecule has 0 spiro atoms. The zero-order chi connectivity index (χ0) is 20.1. The summed E-state index contributed by atoms with van der Waals surface area (Å²) in [6.07, 6.45) is 0. The van der Waals surface area contributed by atoms with Gasteiger partial charge in [-0.05, 0) is 51.1 Å². The van der Waals surface area contributed by atoms with Gasteiger partial charge in [0.1, 0.15) is 10.6 Å². The van der Waals surface area contributed by atoms with Gasteiger partial charge in [0.15, 0.2) is 0 Å². The van der Waals surface area contributed by atoms with E-state index in [1.807, 2.05) is 45.0 Å². The number of hydrogen-bond acceptors (Lipinski definition) is 6. The number of nitrogens with one attached hydrogen (secondary N) is 1. The second-order valence-corrected chi connectivity index (χ2v) is 7.34. The molecule has 3 rings (SSSR count). The first-order valence-electron chi connectivity index (χ1n) is 9.01. The van der Waals surface area contributed by atoms with E-state index in [0.29, 0.717) is 29.4 Å². The van der Waals surface area contributed by atoms with Crippen molar-refractivity contribution in [1.29, 1.82) is 0 Å². The van der Waals surface area contributed by atoms with Gasteiger partial charge in [-0.25, -0.2) is 9.67 Å². The van der Waals surface area contributed by atoms with Crippen molar-refractivity contribution in [3.63, 3.8) is 0 Å². The van der Waals surface area contributed by atoms with Crippen LogP contribution in [0.4, 0.5) is 0 Å². The van der Waals surface area contributed by atoms with E-state index >= 15 is 0 Å². The molecule has 2 aromatic heterocycles. The van der Waals surface area contributed by atoms with E-state index in [9.17, 15) is 9.59 Å². The van der Waals surface area contributed by atoms with Crippen molar-refractivity contribution in [3.05, 3.63) is 62.3 Å². The maximum Gasteiger partial charge on any atom is 0.266 e. The van der Waals surface area contributed by atoms with E-state index in [4.69, 9.17) is 4.74 Å². The van der Waals surface area contributed by atoms with Gasteiger partial charge in [-0.2, -0.15) is 5.10 Å². The second kappa shape index (κ2) is 8.79. The van der Waals surface area contributed by atoms with Crippen molar-refractivity contribution in [2.24, 2.45) is 0 Å². The van der Waals surface area contributed by atoms with Crippen LogP contribution in [0.2, 0.25) is 0 Å². The zero-order valence-corrected chi connectivity index (χ0v) is 16.9. The number of carbonyl (C=O) groups is 1. The van der Waals surface area contributed by atoms with E-state index in [0.717, 1.165) is 16.3 Å². The van der Waals surface area contributed by atoms with E-state index < -0.39 is 0 Å². The standard InChI is InChI=1S/C20H22N4O3S/c1-4-27-16-7-5-15(6-8-16)17-9-10-18(25)24(23-17)12-11-21-20(26)19-13(2)22-14(3)28-19/h5-10H,4,11-12H2,1-3H3,(H,21,26). The molecule has 146 valence electrons. The summed E-state index contributed by atoms with van der Waals surface area (Å²) in [5.74, 6) is 0.606. The number of hydrogen-bond donors (Lipinski definition) is 1. The summed E-state index contributed by atoms with van der Waals surface area (Å²) in [6.45, 7) is 6.80. The first-order chi connectivity index (χ1) is 13.5. The third-order valence-electron chi connectivity index (χ3n) is 4.05. The fourth-order valence-electron chi connectivity index (χ4n) is 2.75. The van der Waals surface area contributed by atoms with Crippen molar-refractivity contribution in [2.45, 2.75) is 27.3 Å². The number of rotatable bonds is 7. The van der Waals surface area contributed by atoms with Gasteiger partial charge in [-0.3, -0.25) is 9.59 Å². The fraction of sp³-hybridized carbons (Fsp3) is 0.300. The molecule has 1 aromatic carbocycles. The van der Waals surface area contributed by atoms with Crippen molar-refractivity contribution < 1.29 is 9.53 Å². The molecule has 0 aliphatic rings. The van der Waals surface area contributed by atoms with Gasteiger partial charge in [-0.15, -0.1) is 11.3 Å². The number of amides is 1. The lowest BCUT2D eigenvalue weighted by Gasteiger charge is -2.09. The van der Waals surface area contributed by atoms with Crippen LogP contribution >= 0.6 is 11.3 Å². The molecule has 0 fully saturated rings. The Kier molecular flexibility index (Phi) is 6.20. The van der Waals surface area contributed by atoms with Crippen molar-refractivity contribution in [2.75, 3.05) is 13.2 Å². The van der Waals surface area contributed by atoms with Crippen LogP contribution in [0.1, 0.15) is 27.3 Å². The Morgan fingerprint density at radius 1 is 1.18 bits per heavy atom. The molecule has 0 saturated heterocycles. The lowest BCUT2D eigenvalue weighted by Crippen LogP contribution is -2.31. The highest BCUT2D eigenvalue weighted by Gasteiger charge is 2.13. The third kappa shape index (κ3) is 4.64. The Bertz CT molecular complexity index is 1020. The first kappa shape index (κ1) is 19.8. The molecule has 8 heteroatoms. The number of benzene rings is 1. The monoisotopic (exact) mass is 398 g/mol. The maximum absolute atomic E-state index is 12.3. The maximum atomic E-state index is 12.3. The molecular weight excluding hydrogens is 376 g/mol. The zero-order valence-electron chi connectivity index (χ0n) is 16.1.